The van der Waals surface area contributed by atoms with Crippen molar-refractivity contribution in [3.8, 4) is 5.75 Å². The Morgan fingerprint density at radius 2 is 2.07 bits per heavy atom. The summed E-state index contributed by atoms with van der Waals surface area (Å²) in [5.74, 6) is 0.264. The second-order valence-electron chi connectivity index (χ2n) is 5.67. The molecule has 0 aliphatic carbocycles. The monoisotopic (exact) mass is 532 g/mol. The molecule has 1 aromatic heterocycles. The first kappa shape index (κ1) is 24.4. The lowest BCUT2D eigenvalue weighted by atomic mass is 10.2. The molecule has 11 heteroatoms. The number of halogens is 5. The Balaban J connectivity index is 0.00000392. The molecule has 28 heavy (non-hydrogen) atoms. The Labute approximate surface area is 181 Å². The summed E-state index contributed by atoms with van der Waals surface area (Å²) in [6.07, 6.45) is -4.09. The molecule has 2 aromatic rings. The molecule has 0 fully saturated rings. The van der Waals surface area contributed by atoms with Gasteiger partial charge in [-0.2, -0.15) is 13.2 Å². The van der Waals surface area contributed by atoms with E-state index in [1.54, 1.807) is 31.1 Å². The Morgan fingerprint density at radius 3 is 2.61 bits per heavy atom. The summed E-state index contributed by atoms with van der Waals surface area (Å²) >= 11 is 0.974. The smallest absolute Gasteiger partial charge is 0.434 e. The quantitative estimate of drug-likeness (QED) is 0.263. The van der Waals surface area contributed by atoms with Crippen LogP contribution < -0.4 is 10.1 Å². The molecule has 5 nitrogen and oxygen atoms in total. The first-order valence-electron chi connectivity index (χ1n) is 8.00. The molecule has 0 bridgehead atoms. The van der Waals surface area contributed by atoms with Crippen LogP contribution in [0, 0.1) is 5.82 Å². The van der Waals surface area contributed by atoms with Crippen molar-refractivity contribution in [3.05, 3.63) is 45.7 Å². The van der Waals surface area contributed by atoms with Gasteiger partial charge < -0.3 is 15.0 Å². The van der Waals surface area contributed by atoms with E-state index in [-0.39, 0.29) is 29.7 Å². The van der Waals surface area contributed by atoms with Crippen molar-refractivity contribution in [1.29, 1.82) is 0 Å². The lowest BCUT2D eigenvalue weighted by Crippen LogP contribution is -2.39. The van der Waals surface area contributed by atoms with Crippen LogP contribution in [0.5, 0.6) is 5.75 Å². The van der Waals surface area contributed by atoms with Crippen LogP contribution in [0.3, 0.4) is 0 Å². The third-order valence-corrected chi connectivity index (χ3v) is 4.58. The predicted octanol–water partition coefficient (Wildman–Crippen LogP) is 4.18. The van der Waals surface area contributed by atoms with E-state index in [0.29, 0.717) is 30.5 Å². The number of nitrogens with one attached hydrogen (secondary N) is 1. The highest BCUT2D eigenvalue weighted by molar-refractivity contribution is 14.0. The largest absolute Gasteiger partial charge is 0.494 e. The normalized spacial score (nSPS) is 11.8. The van der Waals surface area contributed by atoms with Gasteiger partial charge in [0.2, 0.25) is 0 Å². The van der Waals surface area contributed by atoms with Crippen LogP contribution in [0.2, 0.25) is 0 Å². The van der Waals surface area contributed by atoms with E-state index in [2.05, 4.69) is 15.3 Å². The molecule has 0 aliphatic heterocycles. The number of hydrogen-bond donors (Lipinski definition) is 1. The number of alkyl halides is 3. The van der Waals surface area contributed by atoms with Gasteiger partial charge in [0.25, 0.3) is 0 Å². The molecule has 0 saturated heterocycles. The highest BCUT2D eigenvalue weighted by atomic mass is 127. The number of aliphatic imine (C=N–C) groups is 1. The van der Waals surface area contributed by atoms with Gasteiger partial charge in [-0.05, 0) is 17.7 Å². The summed E-state index contributed by atoms with van der Waals surface area (Å²) in [6.45, 7) is 0.773. The lowest BCUT2D eigenvalue weighted by molar-refractivity contribution is -0.140. The first-order chi connectivity index (χ1) is 12.7. The van der Waals surface area contributed by atoms with Crippen LogP contribution >= 0.6 is 35.3 Å². The lowest BCUT2D eigenvalue weighted by Gasteiger charge is -2.22. The van der Waals surface area contributed by atoms with E-state index >= 15 is 0 Å². The van der Waals surface area contributed by atoms with Crippen molar-refractivity contribution in [2.45, 2.75) is 19.1 Å². The zero-order valence-corrected chi connectivity index (χ0v) is 18.7. The SMILES string of the molecule is CN=C(NCCc1nc(C(F)(F)F)cs1)N(C)Cc1ccc(OC)c(F)c1.I. The Morgan fingerprint density at radius 1 is 1.36 bits per heavy atom. The first-order valence-corrected chi connectivity index (χ1v) is 8.88. The van der Waals surface area contributed by atoms with Crippen LogP contribution in [-0.2, 0) is 19.1 Å². The maximum absolute atomic E-state index is 13.8. The van der Waals surface area contributed by atoms with Crippen LogP contribution in [0.25, 0.3) is 0 Å². The molecule has 2 rings (SSSR count). The molecule has 0 atom stereocenters. The minimum Gasteiger partial charge on any atom is -0.494 e. The molecule has 1 heterocycles. The number of guanidine groups is 1. The fourth-order valence-electron chi connectivity index (χ4n) is 2.38. The summed E-state index contributed by atoms with van der Waals surface area (Å²) in [5, 5.41) is 4.47. The van der Waals surface area contributed by atoms with Gasteiger partial charge in [-0.3, -0.25) is 4.99 Å². The average molecular weight is 532 g/mol. The number of benzene rings is 1. The second-order valence-corrected chi connectivity index (χ2v) is 6.62. The van der Waals surface area contributed by atoms with Crippen LogP contribution in [0.15, 0.2) is 28.6 Å². The van der Waals surface area contributed by atoms with Crippen molar-refractivity contribution in [3.63, 3.8) is 0 Å². The van der Waals surface area contributed by atoms with Crippen molar-refractivity contribution < 1.29 is 22.3 Å². The van der Waals surface area contributed by atoms with E-state index in [9.17, 15) is 17.6 Å². The van der Waals surface area contributed by atoms with Crippen molar-refractivity contribution in [1.82, 2.24) is 15.2 Å². The standard InChI is InChI=1S/C17H20F4N4OS.HI/c1-22-16(23-7-6-15-24-14(10-27-15)17(19,20)21)25(2)9-11-4-5-13(26-3)12(18)8-11;/h4-5,8,10H,6-7,9H2,1-3H3,(H,22,23);1H. The second kappa shape index (κ2) is 10.8. The number of hydrogen-bond acceptors (Lipinski definition) is 4. The molecule has 0 radical (unpaired) electrons. The zero-order chi connectivity index (χ0) is 20.0. The summed E-state index contributed by atoms with van der Waals surface area (Å²) in [7, 11) is 4.78. The highest BCUT2D eigenvalue weighted by Gasteiger charge is 2.33. The topological polar surface area (TPSA) is 49.8 Å². The molecular formula is C17H21F4IN4OS. The van der Waals surface area contributed by atoms with Crippen molar-refractivity contribution >= 4 is 41.3 Å². The Kier molecular flexibility index (Phi) is 9.40. The number of aromatic nitrogens is 1. The van der Waals surface area contributed by atoms with Gasteiger partial charge >= 0.3 is 6.18 Å². The average Bonchev–Trinajstić information content (AvgIpc) is 3.08. The molecule has 0 saturated carbocycles. The van der Waals surface area contributed by atoms with Crippen molar-refractivity contribution in [2.24, 2.45) is 4.99 Å². The highest BCUT2D eigenvalue weighted by Crippen LogP contribution is 2.30. The fourth-order valence-corrected chi connectivity index (χ4v) is 3.18. The predicted molar refractivity (Wildman–Crippen MR) is 112 cm³/mol. The van der Waals surface area contributed by atoms with Gasteiger partial charge in [0, 0.05) is 39.0 Å². The fraction of sp³-hybridized carbons (Fsp3) is 0.412. The van der Waals surface area contributed by atoms with Crippen LogP contribution in [-0.4, -0.2) is 43.6 Å². The van der Waals surface area contributed by atoms with Gasteiger partial charge in [-0.25, -0.2) is 9.37 Å². The molecule has 0 unspecified atom stereocenters. The number of nitrogens with zero attached hydrogens (tertiary/aromatic N) is 3. The number of rotatable bonds is 6. The van der Waals surface area contributed by atoms with E-state index in [1.165, 1.54) is 13.2 Å². The number of thiazole rings is 1. The van der Waals surface area contributed by atoms with E-state index in [0.717, 1.165) is 22.3 Å². The van der Waals surface area contributed by atoms with Gasteiger partial charge in [-0.15, -0.1) is 35.3 Å². The third-order valence-electron chi connectivity index (χ3n) is 3.67. The molecule has 0 aliphatic rings. The van der Waals surface area contributed by atoms with E-state index in [4.69, 9.17) is 4.74 Å². The maximum atomic E-state index is 13.8. The molecule has 1 N–H and O–H groups in total. The number of methoxy groups -OCH3 is 1. The Hall–Kier alpha value is -1.63. The van der Waals surface area contributed by atoms with Gasteiger partial charge in [0.1, 0.15) is 0 Å². The molecule has 0 amide bonds. The molecule has 0 spiro atoms. The zero-order valence-electron chi connectivity index (χ0n) is 15.5. The van der Waals surface area contributed by atoms with E-state index < -0.39 is 17.7 Å². The molecule has 156 valence electrons. The summed E-state index contributed by atoms with van der Waals surface area (Å²) in [6, 6.07) is 4.69. The van der Waals surface area contributed by atoms with E-state index in [1.807, 2.05) is 0 Å². The maximum Gasteiger partial charge on any atom is 0.434 e. The van der Waals surface area contributed by atoms with Crippen LogP contribution in [0.1, 0.15) is 16.3 Å². The molecule has 1 aromatic carbocycles. The minimum atomic E-state index is -4.42. The molecular weight excluding hydrogens is 511 g/mol. The van der Waals surface area contributed by atoms with Gasteiger partial charge in [0.05, 0.1) is 12.1 Å². The van der Waals surface area contributed by atoms with Gasteiger partial charge in [0.15, 0.2) is 23.2 Å². The summed E-state index contributed by atoms with van der Waals surface area (Å²) in [5.41, 5.74) is -0.140. The third kappa shape index (κ3) is 6.76. The minimum absolute atomic E-state index is 0. The number of ether oxygens (including phenoxy) is 1. The van der Waals surface area contributed by atoms with Crippen molar-refractivity contribution in [2.75, 3.05) is 27.7 Å². The summed E-state index contributed by atoms with van der Waals surface area (Å²) in [4.78, 5) is 9.50. The Bertz CT molecular complexity index is 798. The van der Waals surface area contributed by atoms with Crippen LogP contribution in [0.4, 0.5) is 17.6 Å². The summed E-state index contributed by atoms with van der Waals surface area (Å²) < 4.78 is 56.4. The van der Waals surface area contributed by atoms with Gasteiger partial charge in [-0.1, -0.05) is 6.07 Å².